The molecule has 0 amide bonds. The number of hydrogen-bond acceptors (Lipinski definition) is 5. The summed E-state index contributed by atoms with van der Waals surface area (Å²) in [7, 11) is 0. The van der Waals surface area contributed by atoms with Gasteiger partial charge in [0.25, 0.3) is 0 Å². The number of nitrogens with two attached hydrogens (primary N) is 1. The number of aliphatic hydroxyl groups is 1. The third-order valence-corrected chi connectivity index (χ3v) is 1.35. The first-order valence-electron chi connectivity index (χ1n) is 3.77. The average molecular weight is 171 g/mol. The van der Waals surface area contributed by atoms with Gasteiger partial charge in [-0.05, 0) is 13.8 Å². The van der Waals surface area contributed by atoms with Crippen molar-refractivity contribution in [3.8, 4) is 0 Å². The molecule has 1 aromatic heterocycles. The third-order valence-electron chi connectivity index (χ3n) is 1.35. The Morgan fingerprint density at radius 1 is 1.58 bits per heavy atom. The topological polar surface area (TPSA) is 85.2 Å². The largest absolute Gasteiger partial charge is 0.396 e. The van der Waals surface area contributed by atoms with Crippen LogP contribution in [0.2, 0.25) is 0 Å². The molecule has 0 spiro atoms. The van der Waals surface area contributed by atoms with E-state index in [0.29, 0.717) is 18.1 Å². The molecule has 5 heteroatoms. The molecular formula is C7H13N3O2. The molecule has 0 bridgehead atoms. The van der Waals surface area contributed by atoms with E-state index in [1.54, 1.807) is 13.8 Å². The van der Waals surface area contributed by atoms with Crippen LogP contribution in [-0.2, 0) is 12.0 Å². The molecule has 0 unspecified atom stereocenters. The van der Waals surface area contributed by atoms with Crippen molar-refractivity contribution in [3.05, 3.63) is 11.7 Å². The lowest BCUT2D eigenvalue weighted by atomic mass is 10.1. The Balaban J connectivity index is 2.77. The van der Waals surface area contributed by atoms with E-state index in [1.165, 1.54) is 0 Å². The van der Waals surface area contributed by atoms with Crippen LogP contribution >= 0.6 is 0 Å². The van der Waals surface area contributed by atoms with E-state index in [-0.39, 0.29) is 6.61 Å². The Labute approximate surface area is 70.6 Å². The standard InChI is InChI=1S/C7H13N3O2/c1-7(2,8)6-9-5(3-4-11)10-12-6/h11H,3-4,8H2,1-2H3. The maximum atomic E-state index is 8.58. The van der Waals surface area contributed by atoms with E-state index < -0.39 is 5.54 Å². The highest BCUT2D eigenvalue weighted by Gasteiger charge is 2.21. The van der Waals surface area contributed by atoms with Crippen molar-refractivity contribution in [1.82, 2.24) is 10.1 Å². The fraction of sp³-hybridized carbons (Fsp3) is 0.714. The van der Waals surface area contributed by atoms with Crippen molar-refractivity contribution in [2.45, 2.75) is 25.8 Å². The van der Waals surface area contributed by atoms with Crippen molar-refractivity contribution in [2.75, 3.05) is 6.61 Å². The molecule has 12 heavy (non-hydrogen) atoms. The summed E-state index contributed by atoms with van der Waals surface area (Å²) in [5.74, 6) is 0.886. The minimum atomic E-state index is -0.610. The Kier molecular flexibility index (Phi) is 2.44. The molecule has 3 N–H and O–H groups in total. The van der Waals surface area contributed by atoms with Gasteiger partial charge in [0.2, 0.25) is 5.89 Å². The van der Waals surface area contributed by atoms with E-state index in [1.807, 2.05) is 0 Å². The predicted octanol–water partition coefficient (Wildman–Crippen LogP) is -0.202. The van der Waals surface area contributed by atoms with Gasteiger partial charge in [-0.2, -0.15) is 4.98 Å². The first kappa shape index (κ1) is 9.15. The lowest BCUT2D eigenvalue weighted by Gasteiger charge is -2.10. The molecule has 0 saturated carbocycles. The quantitative estimate of drug-likeness (QED) is 0.657. The van der Waals surface area contributed by atoms with E-state index in [4.69, 9.17) is 15.4 Å². The van der Waals surface area contributed by atoms with Crippen molar-refractivity contribution in [1.29, 1.82) is 0 Å². The van der Waals surface area contributed by atoms with Gasteiger partial charge >= 0.3 is 0 Å². The second-order valence-corrected chi connectivity index (χ2v) is 3.21. The average Bonchev–Trinajstić information content (AvgIpc) is 2.35. The minimum absolute atomic E-state index is 0.0178. The predicted molar refractivity (Wildman–Crippen MR) is 42.3 cm³/mol. The summed E-state index contributed by atoms with van der Waals surface area (Å²) in [6, 6.07) is 0. The van der Waals surface area contributed by atoms with E-state index in [2.05, 4.69) is 10.1 Å². The van der Waals surface area contributed by atoms with Gasteiger partial charge in [0.15, 0.2) is 5.82 Å². The molecule has 68 valence electrons. The fourth-order valence-corrected chi connectivity index (χ4v) is 0.717. The van der Waals surface area contributed by atoms with Crippen LogP contribution in [0.15, 0.2) is 4.52 Å². The van der Waals surface area contributed by atoms with Crippen LogP contribution in [-0.4, -0.2) is 21.9 Å². The molecule has 0 aliphatic rings. The number of hydrogen-bond donors (Lipinski definition) is 2. The van der Waals surface area contributed by atoms with Crippen molar-refractivity contribution in [2.24, 2.45) is 5.73 Å². The lowest BCUT2D eigenvalue weighted by molar-refractivity contribution is 0.288. The first-order chi connectivity index (χ1) is 5.54. The molecular weight excluding hydrogens is 158 g/mol. The SMILES string of the molecule is CC(C)(N)c1nc(CCO)no1. The summed E-state index contributed by atoms with van der Waals surface area (Å²) in [6.45, 7) is 3.58. The molecule has 0 fully saturated rings. The maximum Gasteiger partial charge on any atom is 0.246 e. The lowest BCUT2D eigenvalue weighted by Crippen LogP contribution is -2.29. The minimum Gasteiger partial charge on any atom is -0.396 e. The van der Waals surface area contributed by atoms with Gasteiger partial charge in [0.1, 0.15) is 0 Å². The van der Waals surface area contributed by atoms with Crippen LogP contribution in [0.4, 0.5) is 0 Å². The van der Waals surface area contributed by atoms with Crippen molar-refractivity contribution in [3.63, 3.8) is 0 Å². The summed E-state index contributed by atoms with van der Waals surface area (Å²) >= 11 is 0. The van der Waals surface area contributed by atoms with Crippen LogP contribution in [0.3, 0.4) is 0 Å². The molecule has 1 aromatic rings. The van der Waals surface area contributed by atoms with Crippen LogP contribution in [0.5, 0.6) is 0 Å². The zero-order valence-electron chi connectivity index (χ0n) is 7.24. The summed E-state index contributed by atoms with van der Waals surface area (Å²) < 4.78 is 4.88. The summed E-state index contributed by atoms with van der Waals surface area (Å²) in [5.41, 5.74) is 5.10. The number of aliphatic hydroxyl groups excluding tert-OH is 1. The number of rotatable bonds is 3. The highest BCUT2D eigenvalue weighted by molar-refractivity contribution is 4.97. The number of aromatic nitrogens is 2. The van der Waals surface area contributed by atoms with Gasteiger partial charge in [0, 0.05) is 6.42 Å². The number of nitrogens with zero attached hydrogens (tertiary/aromatic N) is 2. The summed E-state index contributed by atoms with van der Waals surface area (Å²) in [5, 5.41) is 12.2. The van der Waals surface area contributed by atoms with Crippen molar-refractivity contribution >= 4 is 0 Å². The summed E-state index contributed by atoms with van der Waals surface area (Å²) in [4.78, 5) is 4.01. The smallest absolute Gasteiger partial charge is 0.246 e. The summed E-state index contributed by atoms with van der Waals surface area (Å²) in [6.07, 6.45) is 0.402. The van der Waals surface area contributed by atoms with Gasteiger partial charge in [0.05, 0.1) is 12.1 Å². The molecule has 5 nitrogen and oxygen atoms in total. The molecule has 0 atom stereocenters. The van der Waals surface area contributed by atoms with Gasteiger partial charge in [-0.25, -0.2) is 0 Å². The monoisotopic (exact) mass is 171 g/mol. The molecule has 0 saturated heterocycles. The van der Waals surface area contributed by atoms with E-state index >= 15 is 0 Å². The highest BCUT2D eigenvalue weighted by atomic mass is 16.5. The molecule has 1 rings (SSSR count). The Morgan fingerprint density at radius 2 is 2.25 bits per heavy atom. The molecule has 1 heterocycles. The molecule has 0 radical (unpaired) electrons. The van der Waals surface area contributed by atoms with Crippen molar-refractivity contribution < 1.29 is 9.63 Å². The van der Waals surface area contributed by atoms with Gasteiger partial charge in [-0.3, -0.25) is 0 Å². The van der Waals surface area contributed by atoms with Gasteiger partial charge < -0.3 is 15.4 Å². The van der Waals surface area contributed by atoms with Crippen LogP contribution in [0.25, 0.3) is 0 Å². The van der Waals surface area contributed by atoms with E-state index in [0.717, 1.165) is 0 Å². The van der Waals surface area contributed by atoms with E-state index in [9.17, 15) is 0 Å². The Hall–Kier alpha value is -0.940. The zero-order valence-corrected chi connectivity index (χ0v) is 7.24. The van der Waals surface area contributed by atoms with Crippen LogP contribution in [0.1, 0.15) is 25.6 Å². The van der Waals surface area contributed by atoms with Crippen LogP contribution in [0, 0.1) is 0 Å². The van der Waals surface area contributed by atoms with Gasteiger partial charge in [-0.15, -0.1) is 0 Å². The molecule has 0 aromatic carbocycles. The Morgan fingerprint density at radius 3 is 2.67 bits per heavy atom. The fourth-order valence-electron chi connectivity index (χ4n) is 0.717. The molecule has 0 aliphatic carbocycles. The molecule has 0 aliphatic heterocycles. The second-order valence-electron chi connectivity index (χ2n) is 3.21. The second kappa shape index (κ2) is 3.20. The normalized spacial score (nSPS) is 12.0. The highest BCUT2D eigenvalue weighted by Crippen LogP contribution is 2.13. The zero-order chi connectivity index (χ0) is 9.19. The Bertz CT molecular complexity index is 251. The third kappa shape index (κ3) is 2.02. The first-order valence-corrected chi connectivity index (χ1v) is 3.77. The maximum absolute atomic E-state index is 8.58. The van der Waals surface area contributed by atoms with Crippen LogP contribution < -0.4 is 5.73 Å². The van der Waals surface area contributed by atoms with Gasteiger partial charge in [-0.1, -0.05) is 5.16 Å².